The second kappa shape index (κ2) is 4.42. The van der Waals surface area contributed by atoms with Crippen LogP contribution in [0.5, 0.6) is 5.75 Å². The summed E-state index contributed by atoms with van der Waals surface area (Å²) in [5.74, 6) is -0.681. The molecule has 3 heteroatoms. The van der Waals surface area contributed by atoms with E-state index < -0.39 is 5.82 Å². The Morgan fingerprint density at radius 2 is 2.12 bits per heavy atom. The van der Waals surface area contributed by atoms with Crippen LogP contribution in [0.15, 0.2) is 6.07 Å². The third-order valence-corrected chi connectivity index (χ3v) is 3.40. The molecule has 2 N–H and O–H groups in total. The molecule has 1 atom stereocenters. The first-order chi connectivity index (χ1) is 7.61. The molecule has 0 aliphatic carbocycles. The Morgan fingerprint density at radius 1 is 1.38 bits per heavy atom. The van der Waals surface area contributed by atoms with Crippen molar-refractivity contribution in [2.45, 2.75) is 39.2 Å². The van der Waals surface area contributed by atoms with Crippen molar-refractivity contribution in [1.82, 2.24) is 5.32 Å². The van der Waals surface area contributed by atoms with Crippen molar-refractivity contribution >= 4 is 0 Å². The van der Waals surface area contributed by atoms with Crippen LogP contribution < -0.4 is 5.32 Å². The quantitative estimate of drug-likeness (QED) is 0.767. The molecule has 0 saturated carbocycles. The molecule has 16 heavy (non-hydrogen) atoms. The third-order valence-electron chi connectivity index (χ3n) is 3.40. The van der Waals surface area contributed by atoms with E-state index in [-0.39, 0.29) is 11.8 Å². The van der Waals surface area contributed by atoms with Gasteiger partial charge in [-0.2, -0.15) is 0 Å². The summed E-state index contributed by atoms with van der Waals surface area (Å²) < 4.78 is 13.5. The molecule has 1 unspecified atom stereocenters. The molecule has 1 aliphatic heterocycles. The van der Waals surface area contributed by atoms with Gasteiger partial charge < -0.3 is 10.4 Å². The number of phenolic OH excluding ortho intramolecular Hbond substituents is 1. The first kappa shape index (κ1) is 11.4. The van der Waals surface area contributed by atoms with E-state index in [1.54, 1.807) is 13.8 Å². The molecule has 1 fully saturated rings. The minimum absolute atomic E-state index is 0.192. The van der Waals surface area contributed by atoms with Gasteiger partial charge in [0.15, 0.2) is 11.6 Å². The van der Waals surface area contributed by atoms with Gasteiger partial charge in [0, 0.05) is 6.04 Å². The van der Waals surface area contributed by atoms with E-state index in [1.807, 2.05) is 6.07 Å². The minimum atomic E-state index is -0.489. The van der Waals surface area contributed by atoms with Crippen LogP contribution in [-0.4, -0.2) is 11.7 Å². The lowest BCUT2D eigenvalue weighted by Crippen LogP contribution is -2.27. The Balaban J connectivity index is 2.40. The lowest BCUT2D eigenvalue weighted by Gasteiger charge is -2.26. The standard InChI is InChI=1S/C13H18FNO/c1-8-7-10(9(2)13(16)12(8)14)11-5-3-4-6-15-11/h7,11,15-16H,3-6H2,1-2H3. The van der Waals surface area contributed by atoms with E-state index in [0.717, 1.165) is 18.5 Å². The van der Waals surface area contributed by atoms with E-state index >= 15 is 0 Å². The number of piperidine rings is 1. The summed E-state index contributed by atoms with van der Waals surface area (Å²) in [6.07, 6.45) is 3.45. The molecule has 1 aliphatic rings. The van der Waals surface area contributed by atoms with E-state index in [2.05, 4.69) is 5.32 Å². The van der Waals surface area contributed by atoms with E-state index in [9.17, 15) is 9.50 Å². The smallest absolute Gasteiger partial charge is 0.167 e. The van der Waals surface area contributed by atoms with Crippen molar-refractivity contribution < 1.29 is 9.50 Å². The number of aryl methyl sites for hydroxylation is 1. The van der Waals surface area contributed by atoms with Gasteiger partial charge in [0.2, 0.25) is 0 Å². The zero-order chi connectivity index (χ0) is 11.7. The van der Waals surface area contributed by atoms with Crippen LogP contribution in [0, 0.1) is 19.7 Å². The van der Waals surface area contributed by atoms with Gasteiger partial charge >= 0.3 is 0 Å². The van der Waals surface area contributed by atoms with Crippen LogP contribution >= 0.6 is 0 Å². The largest absolute Gasteiger partial charge is 0.505 e. The summed E-state index contributed by atoms with van der Waals surface area (Å²) in [4.78, 5) is 0. The van der Waals surface area contributed by atoms with Crippen LogP contribution in [0.25, 0.3) is 0 Å². The topological polar surface area (TPSA) is 32.3 Å². The first-order valence-corrected chi connectivity index (χ1v) is 5.83. The summed E-state index contributed by atoms with van der Waals surface area (Å²) in [5.41, 5.74) is 2.23. The summed E-state index contributed by atoms with van der Waals surface area (Å²) in [7, 11) is 0. The average molecular weight is 223 g/mol. The minimum Gasteiger partial charge on any atom is -0.505 e. The number of rotatable bonds is 1. The molecule has 1 aromatic carbocycles. The SMILES string of the molecule is Cc1cc(C2CCCCN2)c(C)c(O)c1F. The number of hydrogen-bond acceptors (Lipinski definition) is 2. The Labute approximate surface area is 95.5 Å². The maximum Gasteiger partial charge on any atom is 0.167 e. The van der Waals surface area contributed by atoms with Gasteiger partial charge in [-0.3, -0.25) is 0 Å². The zero-order valence-corrected chi connectivity index (χ0v) is 9.81. The Hall–Kier alpha value is -1.09. The number of halogens is 1. The molecule has 1 aromatic rings. The molecule has 1 saturated heterocycles. The zero-order valence-electron chi connectivity index (χ0n) is 9.81. The molecule has 0 amide bonds. The second-order valence-corrected chi connectivity index (χ2v) is 4.57. The Bertz CT molecular complexity index is 397. The maximum atomic E-state index is 13.5. The predicted octanol–water partition coefficient (Wildman–Crippen LogP) is 2.96. The number of hydrogen-bond donors (Lipinski definition) is 2. The van der Waals surface area contributed by atoms with E-state index in [1.165, 1.54) is 12.8 Å². The predicted molar refractivity (Wildman–Crippen MR) is 62.1 cm³/mol. The van der Waals surface area contributed by atoms with Crippen LogP contribution in [0.3, 0.4) is 0 Å². The molecule has 0 spiro atoms. The van der Waals surface area contributed by atoms with Crippen molar-refractivity contribution in [3.05, 3.63) is 28.6 Å². The highest BCUT2D eigenvalue weighted by Gasteiger charge is 2.20. The number of phenols is 1. The van der Waals surface area contributed by atoms with Gasteiger partial charge in [0.25, 0.3) is 0 Å². The molecule has 0 aromatic heterocycles. The monoisotopic (exact) mass is 223 g/mol. The fraction of sp³-hybridized carbons (Fsp3) is 0.538. The summed E-state index contributed by atoms with van der Waals surface area (Å²) in [6, 6.07) is 2.12. The molecule has 2 nitrogen and oxygen atoms in total. The van der Waals surface area contributed by atoms with Crippen molar-refractivity contribution in [3.63, 3.8) is 0 Å². The van der Waals surface area contributed by atoms with Gasteiger partial charge in [-0.25, -0.2) is 4.39 Å². The van der Waals surface area contributed by atoms with Gasteiger partial charge in [-0.1, -0.05) is 12.5 Å². The summed E-state index contributed by atoms with van der Waals surface area (Å²) in [5, 5.41) is 13.1. The fourth-order valence-electron chi connectivity index (χ4n) is 2.37. The third kappa shape index (κ3) is 1.92. The second-order valence-electron chi connectivity index (χ2n) is 4.57. The van der Waals surface area contributed by atoms with Gasteiger partial charge in [-0.15, -0.1) is 0 Å². The molecule has 2 rings (SSSR count). The molecule has 88 valence electrons. The normalized spacial score (nSPS) is 21.1. The van der Waals surface area contributed by atoms with Gasteiger partial charge in [-0.05, 0) is 49.9 Å². The van der Waals surface area contributed by atoms with Crippen LogP contribution in [0.4, 0.5) is 4.39 Å². The van der Waals surface area contributed by atoms with Crippen LogP contribution in [-0.2, 0) is 0 Å². The molecule has 1 heterocycles. The van der Waals surface area contributed by atoms with Crippen LogP contribution in [0.2, 0.25) is 0 Å². The van der Waals surface area contributed by atoms with E-state index in [4.69, 9.17) is 0 Å². The highest BCUT2D eigenvalue weighted by molar-refractivity contribution is 5.44. The van der Waals surface area contributed by atoms with Crippen molar-refractivity contribution in [2.24, 2.45) is 0 Å². The van der Waals surface area contributed by atoms with Crippen molar-refractivity contribution in [2.75, 3.05) is 6.54 Å². The Kier molecular flexibility index (Phi) is 3.15. The lowest BCUT2D eigenvalue weighted by molar-refractivity contribution is 0.398. The van der Waals surface area contributed by atoms with Crippen molar-refractivity contribution in [1.29, 1.82) is 0 Å². The number of aromatic hydroxyl groups is 1. The van der Waals surface area contributed by atoms with Crippen molar-refractivity contribution in [3.8, 4) is 5.75 Å². The summed E-state index contributed by atoms with van der Waals surface area (Å²) in [6.45, 7) is 4.48. The molecule has 0 bridgehead atoms. The summed E-state index contributed by atoms with van der Waals surface area (Å²) >= 11 is 0. The molecule has 0 radical (unpaired) electrons. The maximum absolute atomic E-state index is 13.5. The van der Waals surface area contributed by atoms with E-state index in [0.29, 0.717) is 11.1 Å². The highest BCUT2D eigenvalue weighted by Crippen LogP contribution is 2.33. The molecular formula is C13H18FNO. The first-order valence-electron chi connectivity index (χ1n) is 5.83. The Morgan fingerprint density at radius 3 is 2.75 bits per heavy atom. The lowest BCUT2D eigenvalue weighted by atomic mass is 9.92. The fourth-order valence-corrected chi connectivity index (χ4v) is 2.37. The highest BCUT2D eigenvalue weighted by atomic mass is 19.1. The van der Waals surface area contributed by atoms with Crippen LogP contribution in [0.1, 0.15) is 42.0 Å². The molecular weight excluding hydrogens is 205 g/mol. The average Bonchev–Trinajstić information content (AvgIpc) is 2.32. The number of benzene rings is 1. The van der Waals surface area contributed by atoms with Gasteiger partial charge in [0.05, 0.1) is 0 Å². The number of nitrogens with one attached hydrogen (secondary N) is 1. The van der Waals surface area contributed by atoms with Gasteiger partial charge in [0.1, 0.15) is 0 Å².